The van der Waals surface area contributed by atoms with Gasteiger partial charge < -0.3 is 0 Å². The van der Waals surface area contributed by atoms with Crippen molar-refractivity contribution in [3.05, 3.63) is 34.4 Å². The van der Waals surface area contributed by atoms with Crippen molar-refractivity contribution in [2.75, 3.05) is 0 Å². The number of rotatable bonds is 12. The highest BCUT2D eigenvalue weighted by Crippen LogP contribution is 2.24. The molecule has 1 aromatic carbocycles. The molecule has 0 aromatic heterocycles. The van der Waals surface area contributed by atoms with Crippen LogP contribution in [0.25, 0.3) is 0 Å². The molecule has 0 aliphatic carbocycles. The van der Waals surface area contributed by atoms with Crippen molar-refractivity contribution in [1.82, 2.24) is 0 Å². The van der Waals surface area contributed by atoms with Gasteiger partial charge in [0.2, 0.25) is 0 Å². The third-order valence-corrected chi connectivity index (χ3v) is 4.98. The minimum Gasteiger partial charge on any atom is -0.122 e. The Labute approximate surface area is 147 Å². The van der Waals surface area contributed by atoms with E-state index in [1.165, 1.54) is 73.6 Å². The first-order valence-corrected chi connectivity index (χ1v) is 10.1. The molecule has 1 rings (SSSR count). The summed E-state index contributed by atoms with van der Waals surface area (Å²) in [5, 5.41) is 0. The first-order chi connectivity index (χ1) is 10.8. The van der Waals surface area contributed by atoms with E-state index in [1.807, 2.05) is 0 Å². The Balaban J connectivity index is 2.73. The summed E-state index contributed by atoms with van der Waals surface area (Å²) in [6, 6.07) is 4.65. The molecule has 0 N–H and O–H groups in total. The third-order valence-electron chi connectivity index (χ3n) is 4.41. The van der Waals surface area contributed by atoms with Gasteiger partial charge in [-0.2, -0.15) is 0 Å². The van der Waals surface area contributed by atoms with Gasteiger partial charge in [0, 0.05) is 11.8 Å². The molecule has 0 fully saturated rings. The van der Waals surface area contributed by atoms with E-state index in [1.54, 1.807) is 0 Å². The minimum absolute atomic E-state index is 0.619. The van der Waals surface area contributed by atoms with Crippen LogP contribution >= 0.6 is 23.2 Å². The van der Waals surface area contributed by atoms with E-state index in [0.717, 1.165) is 12.8 Å². The zero-order valence-electron chi connectivity index (χ0n) is 14.4. The van der Waals surface area contributed by atoms with Crippen molar-refractivity contribution in [3.8, 4) is 0 Å². The molecular formula is C20H32Cl2. The van der Waals surface area contributed by atoms with Crippen LogP contribution in [-0.2, 0) is 24.6 Å². The molecule has 126 valence electrons. The van der Waals surface area contributed by atoms with Gasteiger partial charge in [-0.3, -0.25) is 0 Å². The topological polar surface area (TPSA) is 0 Å². The molecule has 0 heterocycles. The van der Waals surface area contributed by atoms with E-state index in [2.05, 4.69) is 26.0 Å². The maximum atomic E-state index is 6.19. The highest BCUT2D eigenvalue weighted by Gasteiger charge is 2.09. The van der Waals surface area contributed by atoms with Crippen LogP contribution in [-0.4, -0.2) is 0 Å². The van der Waals surface area contributed by atoms with Crippen LogP contribution in [0.2, 0.25) is 0 Å². The number of unbranched alkanes of at least 4 members (excludes halogenated alkanes) is 6. The predicted octanol–water partition coefficient (Wildman–Crippen LogP) is 7.41. The molecule has 2 heteroatoms. The van der Waals surface area contributed by atoms with E-state index in [-0.39, 0.29) is 0 Å². The quantitative estimate of drug-likeness (QED) is 0.274. The summed E-state index contributed by atoms with van der Waals surface area (Å²) >= 11 is 12.4. The van der Waals surface area contributed by atoms with Crippen molar-refractivity contribution in [1.29, 1.82) is 0 Å². The van der Waals surface area contributed by atoms with Crippen molar-refractivity contribution < 1.29 is 0 Å². The Morgan fingerprint density at radius 3 is 1.32 bits per heavy atom. The minimum atomic E-state index is 0.619. The molecule has 22 heavy (non-hydrogen) atoms. The predicted molar refractivity (Wildman–Crippen MR) is 101 cm³/mol. The fourth-order valence-corrected chi connectivity index (χ4v) is 3.49. The van der Waals surface area contributed by atoms with Crippen LogP contribution in [0.3, 0.4) is 0 Å². The Morgan fingerprint density at radius 2 is 1.00 bits per heavy atom. The summed E-state index contributed by atoms with van der Waals surface area (Å²) in [5.74, 6) is 1.24. The molecule has 0 amide bonds. The summed E-state index contributed by atoms with van der Waals surface area (Å²) in [7, 11) is 0. The summed E-state index contributed by atoms with van der Waals surface area (Å²) < 4.78 is 0. The second kappa shape index (κ2) is 12.3. The van der Waals surface area contributed by atoms with Gasteiger partial charge in [0.1, 0.15) is 0 Å². The molecule has 0 nitrogen and oxygen atoms in total. The lowest BCUT2D eigenvalue weighted by Crippen LogP contribution is -2.00. The van der Waals surface area contributed by atoms with E-state index in [0.29, 0.717) is 11.8 Å². The molecule has 1 aromatic rings. The van der Waals surface area contributed by atoms with Crippen molar-refractivity contribution in [3.63, 3.8) is 0 Å². The number of aryl methyl sites for hydroxylation is 2. The van der Waals surface area contributed by atoms with Crippen LogP contribution < -0.4 is 0 Å². The monoisotopic (exact) mass is 342 g/mol. The van der Waals surface area contributed by atoms with Gasteiger partial charge in [-0.05, 0) is 47.9 Å². The smallest absolute Gasteiger partial charge is 0.0476 e. The Hall–Kier alpha value is -0.200. The molecule has 0 bridgehead atoms. The van der Waals surface area contributed by atoms with E-state index >= 15 is 0 Å². The van der Waals surface area contributed by atoms with Crippen molar-refractivity contribution in [2.45, 2.75) is 89.8 Å². The Morgan fingerprint density at radius 1 is 0.591 bits per heavy atom. The molecule has 0 spiro atoms. The molecule has 0 saturated carbocycles. The lowest BCUT2D eigenvalue weighted by molar-refractivity contribution is 0.660. The summed E-state index contributed by atoms with van der Waals surface area (Å²) in [6.45, 7) is 4.51. The third kappa shape index (κ3) is 6.92. The molecule has 0 saturated heterocycles. The standard InChI is InChI=1S/C20H32Cl2/c1-3-5-7-9-11-17-13-20(16-22)18(14-19(17)15-21)12-10-8-6-4-2/h13-14H,3-12,15-16H2,1-2H3. The number of alkyl halides is 2. The van der Waals surface area contributed by atoms with Gasteiger partial charge >= 0.3 is 0 Å². The largest absolute Gasteiger partial charge is 0.122 e. The zero-order chi connectivity index (χ0) is 16.2. The molecular weight excluding hydrogens is 311 g/mol. The molecule has 0 aliphatic heterocycles. The van der Waals surface area contributed by atoms with Gasteiger partial charge in [-0.1, -0.05) is 64.5 Å². The lowest BCUT2D eigenvalue weighted by atomic mass is 9.93. The van der Waals surface area contributed by atoms with E-state index in [4.69, 9.17) is 23.2 Å². The van der Waals surface area contributed by atoms with Gasteiger partial charge in [0.25, 0.3) is 0 Å². The van der Waals surface area contributed by atoms with Crippen LogP contribution in [0, 0.1) is 0 Å². The average molecular weight is 343 g/mol. The van der Waals surface area contributed by atoms with Crippen LogP contribution in [0.1, 0.15) is 87.5 Å². The molecule has 0 aliphatic rings. The normalized spacial score (nSPS) is 11.1. The molecule has 0 radical (unpaired) electrons. The lowest BCUT2D eigenvalue weighted by Gasteiger charge is -2.14. The van der Waals surface area contributed by atoms with Crippen LogP contribution in [0.5, 0.6) is 0 Å². The zero-order valence-corrected chi connectivity index (χ0v) is 15.9. The Bertz CT molecular complexity index is 373. The van der Waals surface area contributed by atoms with Gasteiger partial charge in [-0.25, -0.2) is 0 Å². The van der Waals surface area contributed by atoms with Crippen molar-refractivity contribution >= 4 is 23.2 Å². The first kappa shape index (κ1) is 19.8. The summed E-state index contributed by atoms with van der Waals surface area (Å²) in [5.41, 5.74) is 5.47. The number of benzene rings is 1. The van der Waals surface area contributed by atoms with Gasteiger partial charge in [-0.15, -0.1) is 23.2 Å². The van der Waals surface area contributed by atoms with Gasteiger partial charge in [0.15, 0.2) is 0 Å². The van der Waals surface area contributed by atoms with E-state index in [9.17, 15) is 0 Å². The van der Waals surface area contributed by atoms with Crippen LogP contribution in [0.4, 0.5) is 0 Å². The number of hydrogen-bond donors (Lipinski definition) is 0. The molecule has 0 atom stereocenters. The van der Waals surface area contributed by atoms with Crippen LogP contribution in [0.15, 0.2) is 12.1 Å². The maximum Gasteiger partial charge on any atom is 0.0476 e. The fourth-order valence-electron chi connectivity index (χ4n) is 2.99. The average Bonchev–Trinajstić information content (AvgIpc) is 2.55. The van der Waals surface area contributed by atoms with E-state index < -0.39 is 0 Å². The van der Waals surface area contributed by atoms with Gasteiger partial charge in [0.05, 0.1) is 0 Å². The SMILES string of the molecule is CCCCCCc1cc(CCl)c(CCCCCC)cc1CCl. The second-order valence-electron chi connectivity index (χ2n) is 6.28. The summed E-state index contributed by atoms with van der Waals surface area (Å²) in [4.78, 5) is 0. The van der Waals surface area contributed by atoms with Crippen molar-refractivity contribution in [2.24, 2.45) is 0 Å². The maximum absolute atomic E-state index is 6.19. The fraction of sp³-hybridized carbons (Fsp3) is 0.700. The first-order valence-electron chi connectivity index (χ1n) is 9.02. The second-order valence-corrected chi connectivity index (χ2v) is 6.81. The highest BCUT2D eigenvalue weighted by molar-refractivity contribution is 6.17. The number of hydrogen-bond acceptors (Lipinski definition) is 0. The summed E-state index contributed by atoms with van der Waals surface area (Å²) in [6.07, 6.45) is 12.6. The number of halogens is 2. The Kier molecular flexibility index (Phi) is 11.1. The highest BCUT2D eigenvalue weighted by atomic mass is 35.5. The molecule has 0 unspecified atom stereocenters.